The van der Waals surface area contributed by atoms with Gasteiger partial charge in [0.05, 0.1) is 18.7 Å². The zero-order chi connectivity index (χ0) is 33.8. The number of likely N-dealkylation sites (N-methyl/N-ethyl adjacent to an activating group) is 1. The van der Waals surface area contributed by atoms with Crippen LogP contribution in [-0.4, -0.2) is 75.6 Å². The number of benzene rings is 3. The maximum Gasteiger partial charge on any atom is 0.255 e. The number of Topliss-reactive ketones (excluding diaryl/α,β-unsaturated/α-hetero) is 2. The van der Waals surface area contributed by atoms with E-state index in [1.807, 2.05) is 48.5 Å². The molecule has 3 aromatic carbocycles. The van der Waals surface area contributed by atoms with Crippen LogP contribution >= 0.6 is 0 Å². The van der Waals surface area contributed by atoms with Crippen LogP contribution in [0, 0.1) is 11.8 Å². The molecule has 47 heavy (non-hydrogen) atoms. The van der Waals surface area contributed by atoms with Crippen LogP contribution in [0.15, 0.2) is 77.6 Å². The molecule has 11 nitrogen and oxygen atoms in total. The number of aromatic hydroxyl groups is 1. The lowest BCUT2D eigenvalue weighted by Gasteiger charge is -2.50. The molecule has 3 aliphatic rings. The molecule has 3 aromatic rings. The number of carbonyl (C=O) groups is 3. The normalized spacial score (nSPS) is 23.8. The Morgan fingerprint density at radius 2 is 1.60 bits per heavy atom. The first-order chi connectivity index (χ1) is 22.4. The second-order valence-electron chi connectivity index (χ2n) is 12.6. The number of amides is 1. The molecule has 11 heteroatoms. The molecular weight excluding hydrogens is 602 g/mol. The molecule has 0 radical (unpaired) electrons. The van der Waals surface area contributed by atoms with Crippen molar-refractivity contribution in [2.24, 2.45) is 17.6 Å². The Morgan fingerprint density at radius 3 is 2.17 bits per heavy atom. The van der Waals surface area contributed by atoms with Gasteiger partial charge in [-0.2, -0.15) is 0 Å². The number of aliphatic hydroxyl groups excluding tert-OH is 2. The molecule has 0 aliphatic heterocycles. The molecule has 1 fully saturated rings. The van der Waals surface area contributed by atoms with Gasteiger partial charge in [0.2, 0.25) is 5.78 Å². The molecule has 0 aromatic heterocycles. The van der Waals surface area contributed by atoms with Crippen LogP contribution in [0.1, 0.15) is 28.7 Å². The molecule has 0 spiro atoms. The number of primary amides is 1. The number of nitrogens with zero attached hydrogens (tertiary/aromatic N) is 1. The molecule has 3 aliphatic carbocycles. The van der Waals surface area contributed by atoms with E-state index in [4.69, 9.17) is 10.5 Å². The predicted molar refractivity (Wildman–Crippen MR) is 173 cm³/mol. The summed E-state index contributed by atoms with van der Waals surface area (Å²) >= 11 is 0. The molecule has 244 valence electrons. The number of nitrogens with one attached hydrogen (secondary N) is 1. The monoisotopic (exact) mass is 639 g/mol. The Balaban J connectivity index is 1.32. The standard InChI is InChI=1S/C36H37N3O8/c1-39(2)30-25-15-21-14-24-23(20-8-4-18(5-9-20)16-38-17-19-6-10-22(47-3)11-7-19)12-13-26(40)28(24)31(41)27(21)33(43)36(25,46)34(44)29(32(30)42)35(37)45/h4-13,21,25,30,38,40-41,44,46H,14-17H2,1-3H3,(H2,37,45)/t21-,25-,30-,36+/m1/s1. The predicted octanol–water partition coefficient (Wildman–Crippen LogP) is 2.93. The number of fused-ring (bicyclic) bond motifs is 3. The number of ketones is 2. The summed E-state index contributed by atoms with van der Waals surface area (Å²) in [6, 6.07) is 17.8. The third kappa shape index (κ3) is 5.16. The number of hydrogen-bond donors (Lipinski definition) is 6. The van der Waals surface area contributed by atoms with Crippen LogP contribution in [0.2, 0.25) is 0 Å². The molecule has 1 amide bonds. The van der Waals surface area contributed by atoms with Crippen LogP contribution < -0.4 is 15.8 Å². The summed E-state index contributed by atoms with van der Waals surface area (Å²) in [6.07, 6.45) is 0.239. The minimum absolute atomic E-state index is 0.0274. The van der Waals surface area contributed by atoms with Crippen molar-refractivity contribution in [3.8, 4) is 22.6 Å². The molecule has 0 heterocycles. The molecule has 0 bridgehead atoms. The van der Waals surface area contributed by atoms with Crippen LogP contribution in [-0.2, 0) is 33.9 Å². The number of phenolic OH excluding ortho intramolecular Hbond substituents is 1. The summed E-state index contributed by atoms with van der Waals surface area (Å²) in [5, 5.41) is 48.7. The van der Waals surface area contributed by atoms with Gasteiger partial charge in [-0.3, -0.25) is 19.3 Å². The van der Waals surface area contributed by atoms with E-state index in [-0.39, 0.29) is 29.7 Å². The Kier molecular flexibility index (Phi) is 8.17. The van der Waals surface area contributed by atoms with E-state index in [0.29, 0.717) is 18.7 Å². The molecule has 6 rings (SSSR count). The van der Waals surface area contributed by atoms with Gasteiger partial charge in [0.15, 0.2) is 11.4 Å². The van der Waals surface area contributed by atoms with Crippen LogP contribution in [0.4, 0.5) is 0 Å². The first-order valence-electron chi connectivity index (χ1n) is 15.3. The summed E-state index contributed by atoms with van der Waals surface area (Å²) in [5.41, 5.74) is 6.14. The van der Waals surface area contributed by atoms with E-state index < -0.39 is 58.0 Å². The Labute approximate surface area is 271 Å². The highest BCUT2D eigenvalue weighted by Gasteiger charge is 2.64. The fraction of sp³-hybridized carbons (Fsp3) is 0.306. The number of nitrogens with two attached hydrogens (primary N) is 1. The average Bonchev–Trinajstić information content (AvgIpc) is 3.03. The summed E-state index contributed by atoms with van der Waals surface area (Å²) in [4.78, 5) is 41.1. The smallest absolute Gasteiger partial charge is 0.255 e. The first kappa shape index (κ1) is 32.0. The van der Waals surface area contributed by atoms with Crippen molar-refractivity contribution in [2.45, 2.75) is 37.6 Å². The largest absolute Gasteiger partial charge is 0.508 e. The second kappa shape index (κ2) is 12.0. The van der Waals surface area contributed by atoms with Gasteiger partial charge < -0.3 is 36.2 Å². The molecule has 4 atom stereocenters. The minimum atomic E-state index is -2.67. The van der Waals surface area contributed by atoms with Crippen molar-refractivity contribution in [3.05, 3.63) is 99.8 Å². The number of phenols is 1. The van der Waals surface area contributed by atoms with Crippen molar-refractivity contribution in [2.75, 3.05) is 21.2 Å². The van der Waals surface area contributed by atoms with Crippen LogP contribution in [0.25, 0.3) is 16.9 Å². The number of ether oxygens (including phenoxy) is 1. The Bertz CT molecular complexity index is 1840. The van der Waals surface area contributed by atoms with E-state index in [2.05, 4.69) is 5.32 Å². The van der Waals surface area contributed by atoms with E-state index in [9.17, 15) is 34.8 Å². The topological polar surface area (TPSA) is 183 Å². The van der Waals surface area contributed by atoms with Gasteiger partial charge in [-0.25, -0.2) is 0 Å². The molecule has 0 saturated heterocycles. The second-order valence-corrected chi connectivity index (χ2v) is 12.6. The van der Waals surface area contributed by atoms with E-state index in [0.717, 1.165) is 28.0 Å². The Morgan fingerprint density at radius 1 is 0.979 bits per heavy atom. The zero-order valence-corrected chi connectivity index (χ0v) is 26.3. The number of carbonyl (C=O) groups excluding carboxylic acids is 3. The van der Waals surface area contributed by atoms with E-state index >= 15 is 0 Å². The summed E-state index contributed by atoms with van der Waals surface area (Å²) < 4.78 is 5.21. The number of methoxy groups -OCH3 is 1. The van der Waals surface area contributed by atoms with Crippen molar-refractivity contribution < 1.29 is 39.5 Å². The highest BCUT2D eigenvalue weighted by atomic mass is 16.5. The molecule has 0 unspecified atom stereocenters. The number of hydrogen-bond acceptors (Lipinski definition) is 10. The number of rotatable bonds is 8. The van der Waals surface area contributed by atoms with Crippen molar-refractivity contribution in [3.63, 3.8) is 0 Å². The lowest BCUT2D eigenvalue weighted by atomic mass is 9.57. The van der Waals surface area contributed by atoms with Crippen molar-refractivity contribution >= 4 is 23.2 Å². The Hall–Kier alpha value is -4.97. The average molecular weight is 640 g/mol. The molecule has 1 saturated carbocycles. The van der Waals surface area contributed by atoms with Gasteiger partial charge in [0.25, 0.3) is 5.91 Å². The molecular formula is C36H37N3O8. The van der Waals surface area contributed by atoms with Crippen LogP contribution in [0.3, 0.4) is 0 Å². The summed E-state index contributed by atoms with van der Waals surface area (Å²) in [5.74, 6) is -5.95. The first-order valence-corrected chi connectivity index (χ1v) is 15.3. The van der Waals surface area contributed by atoms with Gasteiger partial charge in [0, 0.05) is 24.6 Å². The van der Waals surface area contributed by atoms with Gasteiger partial charge in [-0.05, 0) is 78.9 Å². The van der Waals surface area contributed by atoms with Gasteiger partial charge in [0.1, 0.15) is 28.6 Å². The van der Waals surface area contributed by atoms with E-state index in [1.165, 1.54) is 11.0 Å². The number of aliphatic hydroxyl groups is 3. The minimum Gasteiger partial charge on any atom is -0.508 e. The SMILES string of the molecule is COc1ccc(CNCc2ccc(-c3ccc(O)c4c3C[C@@H]3C[C@@H]5[C@@H](N(C)C)C(=O)C(C(N)=O)=C(O)[C@@]5(O)C(=O)C3=C4O)cc2)cc1. The maximum absolute atomic E-state index is 14.1. The zero-order valence-electron chi connectivity index (χ0n) is 26.3. The van der Waals surface area contributed by atoms with Gasteiger partial charge >= 0.3 is 0 Å². The van der Waals surface area contributed by atoms with Crippen molar-refractivity contribution in [1.29, 1.82) is 0 Å². The summed E-state index contributed by atoms with van der Waals surface area (Å²) in [6.45, 7) is 1.31. The lowest BCUT2D eigenvalue weighted by molar-refractivity contribution is -0.153. The third-order valence-electron chi connectivity index (χ3n) is 9.69. The quantitative estimate of drug-likeness (QED) is 0.201. The van der Waals surface area contributed by atoms with Gasteiger partial charge in [-0.1, -0.05) is 42.5 Å². The van der Waals surface area contributed by atoms with Crippen LogP contribution in [0.5, 0.6) is 11.5 Å². The van der Waals surface area contributed by atoms with Crippen molar-refractivity contribution in [1.82, 2.24) is 10.2 Å². The fourth-order valence-electron chi connectivity index (χ4n) is 7.41. The summed E-state index contributed by atoms with van der Waals surface area (Å²) in [7, 11) is 4.77. The lowest BCUT2D eigenvalue weighted by Crippen LogP contribution is -2.65. The van der Waals surface area contributed by atoms with Gasteiger partial charge in [-0.15, -0.1) is 0 Å². The molecule has 7 N–H and O–H groups in total. The maximum atomic E-state index is 14.1. The fourth-order valence-corrected chi connectivity index (χ4v) is 7.41. The van der Waals surface area contributed by atoms with E-state index in [1.54, 1.807) is 27.3 Å². The highest BCUT2D eigenvalue weighted by Crippen LogP contribution is 2.53. The highest BCUT2D eigenvalue weighted by molar-refractivity contribution is 6.24. The third-order valence-corrected chi connectivity index (χ3v) is 9.69.